The molecule has 0 aromatic heterocycles. The van der Waals surface area contributed by atoms with Crippen molar-refractivity contribution in [2.24, 2.45) is 23.5 Å². The third-order valence-corrected chi connectivity index (χ3v) is 5.03. The largest absolute Gasteiger partial charge is 0.497 e. The van der Waals surface area contributed by atoms with Gasteiger partial charge in [-0.2, -0.15) is 0 Å². The average Bonchev–Trinajstić information content (AvgIpc) is 2.53. The van der Waals surface area contributed by atoms with Crippen molar-refractivity contribution in [3.63, 3.8) is 0 Å². The zero-order valence-electron chi connectivity index (χ0n) is 13.8. The molecule has 118 valence electrons. The second-order valence-corrected chi connectivity index (χ2v) is 6.59. The van der Waals surface area contributed by atoms with Crippen LogP contribution < -0.4 is 15.2 Å². The summed E-state index contributed by atoms with van der Waals surface area (Å²) in [6.07, 6.45) is 5.06. The van der Waals surface area contributed by atoms with Crippen molar-refractivity contribution < 1.29 is 9.47 Å². The van der Waals surface area contributed by atoms with Gasteiger partial charge >= 0.3 is 0 Å². The lowest BCUT2D eigenvalue weighted by molar-refractivity contribution is 0.203. The number of nitrogens with two attached hydrogens (primary N) is 1. The molecule has 1 saturated carbocycles. The first kappa shape index (κ1) is 16.2. The van der Waals surface area contributed by atoms with Crippen molar-refractivity contribution in [1.29, 1.82) is 0 Å². The zero-order chi connectivity index (χ0) is 15.4. The molecule has 3 heteroatoms. The molecule has 0 spiro atoms. The number of methoxy groups -OCH3 is 2. The summed E-state index contributed by atoms with van der Waals surface area (Å²) in [4.78, 5) is 0. The summed E-state index contributed by atoms with van der Waals surface area (Å²) in [6, 6.07) is 6.05. The normalized spacial score (nSPS) is 23.9. The van der Waals surface area contributed by atoms with Crippen molar-refractivity contribution in [2.45, 2.75) is 45.6 Å². The lowest BCUT2D eigenvalue weighted by Gasteiger charge is -2.34. The number of benzene rings is 1. The molecule has 0 heterocycles. The third kappa shape index (κ3) is 3.91. The SMILES string of the molecule is COc1cc(OC)cc(C(N)C2CCC(C(C)C)CC2)c1. The molecule has 1 aliphatic carbocycles. The van der Waals surface area contributed by atoms with E-state index in [1.165, 1.54) is 25.7 Å². The molecule has 2 N–H and O–H groups in total. The van der Waals surface area contributed by atoms with Crippen LogP contribution in [0.5, 0.6) is 11.5 Å². The first-order valence-electron chi connectivity index (χ1n) is 8.03. The van der Waals surface area contributed by atoms with Crippen LogP contribution in [0.2, 0.25) is 0 Å². The number of rotatable bonds is 5. The van der Waals surface area contributed by atoms with E-state index < -0.39 is 0 Å². The van der Waals surface area contributed by atoms with Gasteiger partial charge in [0.25, 0.3) is 0 Å². The molecule has 1 aromatic rings. The summed E-state index contributed by atoms with van der Waals surface area (Å²) in [7, 11) is 3.36. The zero-order valence-corrected chi connectivity index (χ0v) is 13.8. The highest BCUT2D eigenvalue weighted by molar-refractivity contribution is 5.40. The first-order valence-corrected chi connectivity index (χ1v) is 8.03. The Balaban J connectivity index is 2.08. The minimum absolute atomic E-state index is 0.0714. The Hall–Kier alpha value is -1.22. The van der Waals surface area contributed by atoms with E-state index in [9.17, 15) is 0 Å². The highest BCUT2D eigenvalue weighted by atomic mass is 16.5. The van der Waals surface area contributed by atoms with Gasteiger partial charge in [-0.25, -0.2) is 0 Å². The monoisotopic (exact) mass is 291 g/mol. The minimum atomic E-state index is 0.0714. The van der Waals surface area contributed by atoms with Crippen LogP contribution in [0.25, 0.3) is 0 Å². The van der Waals surface area contributed by atoms with Gasteiger partial charge in [-0.3, -0.25) is 0 Å². The van der Waals surface area contributed by atoms with Crippen molar-refractivity contribution in [2.75, 3.05) is 14.2 Å². The molecule has 1 unspecified atom stereocenters. The van der Waals surface area contributed by atoms with E-state index in [1.54, 1.807) is 14.2 Å². The van der Waals surface area contributed by atoms with Crippen LogP contribution in [-0.4, -0.2) is 14.2 Å². The van der Waals surface area contributed by atoms with E-state index in [2.05, 4.69) is 13.8 Å². The van der Waals surface area contributed by atoms with Crippen LogP contribution in [-0.2, 0) is 0 Å². The van der Waals surface area contributed by atoms with E-state index in [0.29, 0.717) is 5.92 Å². The van der Waals surface area contributed by atoms with Crippen LogP contribution in [0.3, 0.4) is 0 Å². The molecule has 21 heavy (non-hydrogen) atoms. The predicted octanol–water partition coefficient (Wildman–Crippen LogP) is 4.17. The van der Waals surface area contributed by atoms with Crippen molar-refractivity contribution in [3.8, 4) is 11.5 Å². The summed E-state index contributed by atoms with van der Waals surface area (Å²) in [5.74, 6) is 3.86. The number of hydrogen-bond acceptors (Lipinski definition) is 3. The van der Waals surface area contributed by atoms with Crippen LogP contribution in [0.4, 0.5) is 0 Å². The lowest BCUT2D eigenvalue weighted by atomic mass is 9.73. The highest BCUT2D eigenvalue weighted by Crippen LogP contribution is 2.39. The Morgan fingerprint density at radius 2 is 1.38 bits per heavy atom. The molecular formula is C18H29NO2. The fourth-order valence-corrected chi connectivity index (χ4v) is 3.46. The van der Waals surface area contributed by atoms with E-state index in [0.717, 1.165) is 28.9 Å². The molecular weight excluding hydrogens is 262 g/mol. The van der Waals surface area contributed by atoms with Crippen molar-refractivity contribution in [3.05, 3.63) is 23.8 Å². The molecule has 0 amide bonds. The predicted molar refractivity (Wildman–Crippen MR) is 86.8 cm³/mol. The van der Waals surface area contributed by atoms with E-state index in [-0.39, 0.29) is 6.04 Å². The first-order chi connectivity index (χ1) is 10.0. The summed E-state index contributed by atoms with van der Waals surface area (Å²) < 4.78 is 10.7. The molecule has 0 bridgehead atoms. The Morgan fingerprint density at radius 1 is 0.905 bits per heavy atom. The smallest absolute Gasteiger partial charge is 0.122 e. The summed E-state index contributed by atoms with van der Waals surface area (Å²) in [5, 5.41) is 0. The molecule has 1 aromatic carbocycles. The van der Waals surface area contributed by atoms with Gasteiger partial charge in [-0.05, 0) is 61.1 Å². The van der Waals surface area contributed by atoms with Crippen LogP contribution in [0.15, 0.2) is 18.2 Å². The van der Waals surface area contributed by atoms with E-state index in [4.69, 9.17) is 15.2 Å². The Bertz CT molecular complexity index is 428. The maximum absolute atomic E-state index is 6.53. The molecule has 1 atom stereocenters. The van der Waals surface area contributed by atoms with Gasteiger partial charge in [0.2, 0.25) is 0 Å². The Labute approximate surface area is 128 Å². The molecule has 1 fully saturated rings. The Kier molecular flexibility index (Phi) is 5.51. The summed E-state index contributed by atoms with van der Waals surface area (Å²) in [6.45, 7) is 4.66. The fraction of sp³-hybridized carbons (Fsp3) is 0.667. The maximum Gasteiger partial charge on any atom is 0.122 e. The van der Waals surface area contributed by atoms with Crippen LogP contribution in [0.1, 0.15) is 51.1 Å². The van der Waals surface area contributed by atoms with E-state index >= 15 is 0 Å². The van der Waals surface area contributed by atoms with Gasteiger partial charge in [0.15, 0.2) is 0 Å². The molecule has 0 radical (unpaired) electrons. The van der Waals surface area contributed by atoms with Crippen molar-refractivity contribution in [1.82, 2.24) is 0 Å². The molecule has 1 aliphatic rings. The topological polar surface area (TPSA) is 44.5 Å². The highest BCUT2D eigenvalue weighted by Gasteiger charge is 2.28. The second-order valence-electron chi connectivity index (χ2n) is 6.59. The molecule has 0 saturated heterocycles. The van der Waals surface area contributed by atoms with Gasteiger partial charge in [-0.1, -0.05) is 13.8 Å². The summed E-state index contributed by atoms with van der Waals surface area (Å²) in [5.41, 5.74) is 7.65. The molecule has 0 aliphatic heterocycles. The van der Waals surface area contributed by atoms with Gasteiger partial charge in [0, 0.05) is 12.1 Å². The lowest BCUT2D eigenvalue weighted by Crippen LogP contribution is -2.27. The van der Waals surface area contributed by atoms with Crippen LogP contribution in [0, 0.1) is 17.8 Å². The minimum Gasteiger partial charge on any atom is -0.497 e. The van der Waals surface area contributed by atoms with Gasteiger partial charge < -0.3 is 15.2 Å². The number of hydrogen-bond donors (Lipinski definition) is 1. The standard InChI is InChI=1S/C18H29NO2/c1-12(2)13-5-7-14(8-6-13)18(19)15-9-16(20-3)11-17(10-15)21-4/h9-14,18H,5-8,19H2,1-4H3. The quantitative estimate of drug-likeness (QED) is 0.885. The summed E-state index contributed by atoms with van der Waals surface area (Å²) >= 11 is 0. The number of ether oxygens (including phenoxy) is 2. The second kappa shape index (κ2) is 7.17. The third-order valence-electron chi connectivity index (χ3n) is 5.03. The van der Waals surface area contributed by atoms with Gasteiger partial charge in [0.1, 0.15) is 11.5 Å². The van der Waals surface area contributed by atoms with Gasteiger partial charge in [-0.15, -0.1) is 0 Å². The maximum atomic E-state index is 6.53. The van der Waals surface area contributed by atoms with Gasteiger partial charge in [0.05, 0.1) is 14.2 Å². The molecule has 3 nitrogen and oxygen atoms in total. The Morgan fingerprint density at radius 3 is 1.81 bits per heavy atom. The van der Waals surface area contributed by atoms with Crippen molar-refractivity contribution >= 4 is 0 Å². The van der Waals surface area contributed by atoms with Crippen LogP contribution >= 0.6 is 0 Å². The fourth-order valence-electron chi connectivity index (χ4n) is 3.46. The molecule has 2 rings (SSSR count). The average molecular weight is 291 g/mol. The van der Waals surface area contributed by atoms with E-state index in [1.807, 2.05) is 18.2 Å².